The maximum atomic E-state index is 11.5. The van der Waals surface area contributed by atoms with Gasteiger partial charge in [0.05, 0.1) is 13.7 Å². The second-order valence-corrected chi connectivity index (χ2v) is 3.23. The van der Waals surface area contributed by atoms with Gasteiger partial charge in [-0.2, -0.15) is 0 Å². The van der Waals surface area contributed by atoms with E-state index < -0.39 is 17.9 Å². The van der Waals surface area contributed by atoms with Crippen LogP contribution in [-0.4, -0.2) is 30.6 Å². The van der Waals surface area contributed by atoms with Gasteiger partial charge in [-0.1, -0.05) is 18.2 Å². The van der Waals surface area contributed by atoms with E-state index in [1.165, 1.54) is 13.2 Å². The third-order valence-corrected chi connectivity index (χ3v) is 2.16. The SMILES string of the molecule is CCOC(=O)C(=O)C(O)c1ccccc1OC. The van der Waals surface area contributed by atoms with Crippen LogP contribution in [0.1, 0.15) is 18.6 Å². The van der Waals surface area contributed by atoms with E-state index in [1.54, 1.807) is 25.1 Å². The van der Waals surface area contributed by atoms with E-state index >= 15 is 0 Å². The van der Waals surface area contributed by atoms with Gasteiger partial charge in [0.2, 0.25) is 0 Å². The number of rotatable bonds is 5. The minimum Gasteiger partial charge on any atom is -0.496 e. The molecule has 1 N–H and O–H groups in total. The second-order valence-electron chi connectivity index (χ2n) is 3.23. The molecule has 5 heteroatoms. The van der Waals surface area contributed by atoms with E-state index in [0.717, 1.165) is 0 Å². The summed E-state index contributed by atoms with van der Waals surface area (Å²) in [6.07, 6.45) is -1.56. The maximum Gasteiger partial charge on any atom is 0.377 e. The van der Waals surface area contributed by atoms with Crippen LogP contribution in [0.15, 0.2) is 24.3 Å². The molecular weight excluding hydrogens is 224 g/mol. The quantitative estimate of drug-likeness (QED) is 0.608. The number of aliphatic hydroxyl groups is 1. The predicted octanol–water partition coefficient (Wildman–Crippen LogP) is 0.861. The van der Waals surface area contributed by atoms with Crippen molar-refractivity contribution in [1.82, 2.24) is 0 Å². The van der Waals surface area contributed by atoms with Crippen molar-refractivity contribution in [2.24, 2.45) is 0 Å². The molecule has 92 valence electrons. The van der Waals surface area contributed by atoms with E-state index in [2.05, 4.69) is 4.74 Å². The van der Waals surface area contributed by atoms with Crippen LogP contribution in [0.2, 0.25) is 0 Å². The van der Waals surface area contributed by atoms with Gasteiger partial charge < -0.3 is 14.6 Å². The molecule has 5 nitrogen and oxygen atoms in total. The van der Waals surface area contributed by atoms with Crippen molar-refractivity contribution in [2.45, 2.75) is 13.0 Å². The summed E-state index contributed by atoms with van der Waals surface area (Å²) >= 11 is 0. The highest BCUT2D eigenvalue weighted by Gasteiger charge is 2.27. The highest BCUT2D eigenvalue weighted by molar-refractivity contribution is 6.35. The highest BCUT2D eigenvalue weighted by Crippen LogP contribution is 2.25. The monoisotopic (exact) mass is 238 g/mol. The number of para-hydroxylation sites is 1. The molecular formula is C12H14O5. The Kier molecular flexibility index (Phi) is 4.66. The third kappa shape index (κ3) is 3.04. The van der Waals surface area contributed by atoms with Gasteiger partial charge in [-0.15, -0.1) is 0 Å². The Morgan fingerprint density at radius 1 is 1.35 bits per heavy atom. The molecule has 0 spiro atoms. The standard InChI is InChI=1S/C12H14O5/c1-3-17-12(15)11(14)10(13)8-6-4-5-7-9(8)16-2/h4-7,10,13H,3H2,1-2H3. The Hall–Kier alpha value is -1.88. The molecule has 0 saturated heterocycles. The van der Waals surface area contributed by atoms with Crippen molar-refractivity contribution in [3.05, 3.63) is 29.8 Å². The molecule has 0 heterocycles. The predicted molar refractivity (Wildman–Crippen MR) is 59.6 cm³/mol. The average molecular weight is 238 g/mol. The van der Waals surface area contributed by atoms with Crippen LogP contribution in [0.3, 0.4) is 0 Å². The first-order chi connectivity index (χ1) is 8.11. The lowest BCUT2D eigenvalue weighted by molar-refractivity contribution is -0.157. The minimum atomic E-state index is -1.56. The van der Waals surface area contributed by atoms with Crippen molar-refractivity contribution in [2.75, 3.05) is 13.7 Å². The second kappa shape index (κ2) is 6.00. The summed E-state index contributed by atoms with van der Waals surface area (Å²) in [5.74, 6) is -1.71. The number of Topliss-reactive ketones (excluding diaryl/α,β-unsaturated/α-hetero) is 1. The number of ketones is 1. The van der Waals surface area contributed by atoms with E-state index in [1.807, 2.05) is 0 Å². The molecule has 0 aromatic heterocycles. The van der Waals surface area contributed by atoms with Crippen molar-refractivity contribution in [3.8, 4) is 5.75 Å². The van der Waals surface area contributed by atoms with E-state index in [9.17, 15) is 14.7 Å². The zero-order valence-corrected chi connectivity index (χ0v) is 9.67. The Morgan fingerprint density at radius 3 is 2.59 bits per heavy atom. The number of methoxy groups -OCH3 is 1. The lowest BCUT2D eigenvalue weighted by atomic mass is 10.0. The summed E-state index contributed by atoms with van der Waals surface area (Å²) in [5, 5.41) is 9.77. The molecule has 0 amide bonds. The minimum absolute atomic E-state index is 0.0865. The summed E-state index contributed by atoms with van der Waals surface area (Å²) in [5.41, 5.74) is 0.244. The number of hydrogen-bond donors (Lipinski definition) is 1. The van der Waals surface area contributed by atoms with Crippen LogP contribution in [0.4, 0.5) is 0 Å². The zero-order valence-electron chi connectivity index (χ0n) is 9.67. The molecule has 0 bridgehead atoms. The van der Waals surface area contributed by atoms with Crippen LogP contribution in [0, 0.1) is 0 Å². The molecule has 1 unspecified atom stereocenters. The fourth-order valence-electron chi connectivity index (χ4n) is 1.35. The van der Waals surface area contributed by atoms with Gasteiger partial charge in [0, 0.05) is 5.56 Å². The lowest BCUT2D eigenvalue weighted by Gasteiger charge is -2.12. The molecule has 0 aliphatic heterocycles. The fraction of sp³-hybridized carbons (Fsp3) is 0.333. The van der Waals surface area contributed by atoms with Gasteiger partial charge in [0.25, 0.3) is 5.78 Å². The van der Waals surface area contributed by atoms with Crippen molar-refractivity contribution >= 4 is 11.8 Å². The maximum absolute atomic E-state index is 11.5. The molecule has 0 aliphatic carbocycles. The summed E-state index contributed by atoms with van der Waals surface area (Å²) in [6, 6.07) is 6.45. The molecule has 0 radical (unpaired) electrons. The molecule has 1 aromatic carbocycles. The van der Waals surface area contributed by atoms with E-state index in [0.29, 0.717) is 5.75 Å². The first-order valence-corrected chi connectivity index (χ1v) is 5.13. The molecule has 0 saturated carbocycles. The summed E-state index contributed by atoms with van der Waals surface area (Å²) in [6.45, 7) is 1.67. The zero-order chi connectivity index (χ0) is 12.8. The first kappa shape index (κ1) is 13.2. The number of carbonyl (C=O) groups is 2. The fourth-order valence-corrected chi connectivity index (χ4v) is 1.35. The lowest BCUT2D eigenvalue weighted by Crippen LogP contribution is -2.24. The molecule has 1 atom stereocenters. The average Bonchev–Trinajstić information content (AvgIpc) is 2.37. The topological polar surface area (TPSA) is 72.8 Å². The van der Waals surface area contributed by atoms with Crippen molar-refractivity contribution in [1.29, 1.82) is 0 Å². The Labute approximate surface area is 99.0 Å². The van der Waals surface area contributed by atoms with Crippen molar-refractivity contribution < 1.29 is 24.2 Å². The van der Waals surface area contributed by atoms with Crippen LogP contribution in [-0.2, 0) is 14.3 Å². The van der Waals surface area contributed by atoms with Crippen LogP contribution >= 0.6 is 0 Å². The molecule has 1 aromatic rings. The van der Waals surface area contributed by atoms with Crippen molar-refractivity contribution in [3.63, 3.8) is 0 Å². The number of ether oxygens (including phenoxy) is 2. The molecule has 0 aliphatic rings. The largest absolute Gasteiger partial charge is 0.496 e. The molecule has 1 rings (SSSR count). The summed E-state index contributed by atoms with van der Waals surface area (Å²) in [7, 11) is 1.42. The first-order valence-electron chi connectivity index (χ1n) is 5.13. The Balaban J connectivity index is 2.92. The Morgan fingerprint density at radius 2 is 2.00 bits per heavy atom. The smallest absolute Gasteiger partial charge is 0.377 e. The number of benzene rings is 1. The number of aliphatic hydroxyl groups excluding tert-OH is 1. The van der Waals surface area contributed by atoms with E-state index in [4.69, 9.17) is 4.74 Å². The van der Waals surface area contributed by atoms with Gasteiger partial charge >= 0.3 is 5.97 Å². The van der Waals surface area contributed by atoms with Crippen LogP contribution in [0.5, 0.6) is 5.75 Å². The van der Waals surface area contributed by atoms with Gasteiger partial charge in [0.15, 0.2) is 6.10 Å². The number of carbonyl (C=O) groups excluding carboxylic acids is 2. The van der Waals surface area contributed by atoms with Gasteiger partial charge in [-0.05, 0) is 13.0 Å². The normalized spacial score (nSPS) is 11.7. The summed E-state index contributed by atoms with van der Waals surface area (Å²) in [4.78, 5) is 22.7. The van der Waals surface area contributed by atoms with Gasteiger partial charge in [-0.3, -0.25) is 4.79 Å². The number of hydrogen-bond acceptors (Lipinski definition) is 5. The number of esters is 1. The molecule has 17 heavy (non-hydrogen) atoms. The van der Waals surface area contributed by atoms with Crippen LogP contribution < -0.4 is 4.74 Å². The van der Waals surface area contributed by atoms with Crippen LogP contribution in [0.25, 0.3) is 0 Å². The van der Waals surface area contributed by atoms with E-state index in [-0.39, 0.29) is 12.2 Å². The van der Waals surface area contributed by atoms with Gasteiger partial charge in [-0.25, -0.2) is 4.79 Å². The van der Waals surface area contributed by atoms with Gasteiger partial charge in [0.1, 0.15) is 5.75 Å². The molecule has 0 fully saturated rings. The third-order valence-electron chi connectivity index (χ3n) is 2.16. The Bertz CT molecular complexity index is 413. The highest BCUT2D eigenvalue weighted by atomic mass is 16.5. The summed E-state index contributed by atoms with van der Waals surface area (Å²) < 4.78 is 9.52.